The Bertz CT molecular complexity index is 1550. The highest BCUT2D eigenvalue weighted by atomic mass is 14.9. The van der Waals surface area contributed by atoms with Gasteiger partial charge in [-0.1, -0.05) is 42.5 Å². The van der Waals surface area contributed by atoms with Crippen molar-refractivity contribution < 1.29 is 0 Å². The van der Waals surface area contributed by atoms with Crippen LogP contribution in [0.5, 0.6) is 0 Å². The summed E-state index contributed by atoms with van der Waals surface area (Å²) in [5, 5.41) is 4.35. The zero-order valence-electron chi connectivity index (χ0n) is 16.0. The van der Waals surface area contributed by atoms with E-state index in [1.54, 1.807) is 12.4 Å². The maximum absolute atomic E-state index is 4.89. The Morgan fingerprint density at radius 3 is 2.17 bits per heavy atom. The van der Waals surface area contributed by atoms with Crippen LogP contribution in [0.25, 0.3) is 55.4 Å². The second-order valence-corrected chi connectivity index (χ2v) is 7.20. The van der Waals surface area contributed by atoms with Crippen molar-refractivity contribution >= 4 is 32.8 Å². The van der Waals surface area contributed by atoms with E-state index >= 15 is 0 Å². The van der Waals surface area contributed by atoms with Crippen LogP contribution < -0.4 is 0 Å². The molecule has 0 radical (unpaired) electrons. The van der Waals surface area contributed by atoms with Crippen LogP contribution in [0.15, 0.2) is 97.3 Å². The van der Waals surface area contributed by atoms with Crippen LogP contribution in [0.3, 0.4) is 0 Å². The van der Waals surface area contributed by atoms with Crippen molar-refractivity contribution in [3.8, 4) is 22.5 Å². The number of nitrogens with zero attached hydrogens (tertiary/aromatic N) is 4. The van der Waals surface area contributed by atoms with Crippen molar-refractivity contribution in [1.82, 2.24) is 19.9 Å². The predicted molar refractivity (Wildman–Crippen MR) is 121 cm³/mol. The fourth-order valence-electron chi connectivity index (χ4n) is 3.96. The maximum Gasteiger partial charge on any atom is 0.160 e. The smallest absolute Gasteiger partial charge is 0.160 e. The monoisotopic (exact) mass is 384 g/mol. The van der Waals surface area contributed by atoms with Gasteiger partial charge in [-0.3, -0.25) is 0 Å². The molecule has 4 heteroatoms. The van der Waals surface area contributed by atoms with Crippen molar-refractivity contribution in [2.24, 2.45) is 0 Å². The SMILES string of the molecule is c1cnc2nc(-c3cc(-c4cccc5ccccc45)nc4ncccc34)ccc2c1. The van der Waals surface area contributed by atoms with Gasteiger partial charge in [-0.2, -0.15) is 0 Å². The molecule has 0 atom stereocenters. The fraction of sp³-hybridized carbons (Fsp3) is 0. The topological polar surface area (TPSA) is 51.6 Å². The first kappa shape index (κ1) is 16.7. The van der Waals surface area contributed by atoms with E-state index < -0.39 is 0 Å². The number of benzene rings is 2. The summed E-state index contributed by atoms with van der Waals surface area (Å²) < 4.78 is 0. The van der Waals surface area contributed by atoms with Crippen molar-refractivity contribution in [2.45, 2.75) is 0 Å². The quantitative estimate of drug-likeness (QED) is 0.364. The minimum atomic E-state index is 0.709. The maximum atomic E-state index is 4.89. The molecule has 0 unspecified atom stereocenters. The van der Waals surface area contributed by atoms with E-state index in [9.17, 15) is 0 Å². The molecule has 0 aliphatic rings. The van der Waals surface area contributed by atoms with E-state index in [1.807, 2.05) is 30.3 Å². The van der Waals surface area contributed by atoms with Crippen LogP contribution in [-0.4, -0.2) is 19.9 Å². The molecule has 140 valence electrons. The van der Waals surface area contributed by atoms with Gasteiger partial charge in [0.15, 0.2) is 11.3 Å². The van der Waals surface area contributed by atoms with Gasteiger partial charge in [-0.25, -0.2) is 19.9 Å². The molecular formula is C26H16N4. The largest absolute Gasteiger partial charge is 0.237 e. The van der Waals surface area contributed by atoms with Gasteiger partial charge in [-0.15, -0.1) is 0 Å². The summed E-state index contributed by atoms with van der Waals surface area (Å²) in [6.07, 6.45) is 3.55. The molecular weight excluding hydrogens is 368 g/mol. The molecule has 4 aromatic heterocycles. The third kappa shape index (κ3) is 2.70. The average Bonchev–Trinajstić information content (AvgIpc) is 2.82. The lowest BCUT2D eigenvalue weighted by Gasteiger charge is -2.11. The predicted octanol–water partition coefficient (Wildman–Crippen LogP) is 6.06. The highest BCUT2D eigenvalue weighted by molar-refractivity contribution is 6.00. The number of aromatic nitrogens is 4. The summed E-state index contributed by atoms with van der Waals surface area (Å²) in [4.78, 5) is 18.7. The van der Waals surface area contributed by atoms with Crippen molar-refractivity contribution in [2.75, 3.05) is 0 Å². The molecule has 2 aromatic carbocycles. The molecule has 0 amide bonds. The highest BCUT2D eigenvalue weighted by Crippen LogP contribution is 2.34. The highest BCUT2D eigenvalue weighted by Gasteiger charge is 2.13. The van der Waals surface area contributed by atoms with Crippen LogP contribution in [0.2, 0.25) is 0 Å². The standard InChI is InChI=1S/C26H16N4/c1-2-9-19-17(6-1)7-3-10-20(19)24-16-22(21-11-5-15-28-26(21)30-24)23-13-12-18-8-4-14-27-25(18)29-23/h1-16H. The molecule has 0 N–H and O–H groups in total. The molecule has 0 aliphatic heterocycles. The van der Waals surface area contributed by atoms with Gasteiger partial charge >= 0.3 is 0 Å². The molecule has 0 saturated heterocycles. The second kappa shape index (κ2) is 6.71. The molecule has 0 saturated carbocycles. The van der Waals surface area contributed by atoms with Gasteiger partial charge in [0.2, 0.25) is 0 Å². The number of hydrogen-bond donors (Lipinski definition) is 0. The van der Waals surface area contributed by atoms with Crippen molar-refractivity contribution in [3.05, 3.63) is 97.3 Å². The Morgan fingerprint density at radius 2 is 1.20 bits per heavy atom. The van der Waals surface area contributed by atoms with E-state index in [0.717, 1.165) is 38.9 Å². The van der Waals surface area contributed by atoms with Crippen LogP contribution >= 0.6 is 0 Å². The van der Waals surface area contributed by atoms with E-state index in [-0.39, 0.29) is 0 Å². The van der Waals surface area contributed by atoms with E-state index in [0.29, 0.717) is 5.65 Å². The van der Waals surface area contributed by atoms with Gasteiger partial charge in [0.1, 0.15) is 0 Å². The van der Waals surface area contributed by atoms with Gasteiger partial charge in [-0.05, 0) is 53.2 Å². The first-order chi connectivity index (χ1) is 14.9. The average molecular weight is 384 g/mol. The Morgan fingerprint density at radius 1 is 0.467 bits per heavy atom. The minimum Gasteiger partial charge on any atom is -0.237 e. The van der Waals surface area contributed by atoms with Crippen LogP contribution in [0.4, 0.5) is 0 Å². The number of fused-ring (bicyclic) bond motifs is 3. The summed E-state index contributed by atoms with van der Waals surface area (Å²) >= 11 is 0. The van der Waals surface area contributed by atoms with Crippen LogP contribution in [-0.2, 0) is 0 Å². The van der Waals surface area contributed by atoms with Crippen LogP contribution in [0.1, 0.15) is 0 Å². The fourth-order valence-corrected chi connectivity index (χ4v) is 3.96. The second-order valence-electron chi connectivity index (χ2n) is 7.20. The molecule has 0 bridgehead atoms. The zero-order valence-corrected chi connectivity index (χ0v) is 16.0. The third-order valence-corrected chi connectivity index (χ3v) is 5.39. The molecule has 0 aliphatic carbocycles. The Kier molecular flexibility index (Phi) is 3.74. The van der Waals surface area contributed by atoms with Crippen molar-refractivity contribution in [1.29, 1.82) is 0 Å². The molecule has 0 spiro atoms. The summed E-state index contributed by atoms with van der Waals surface area (Å²) in [5.74, 6) is 0. The minimum absolute atomic E-state index is 0.709. The van der Waals surface area contributed by atoms with Gasteiger partial charge < -0.3 is 0 Å². The molecule has 4 nitrogen and oxygen atoms in total. The van der Waals surface area contributed by atoms with E-state index in [4.69, 9.17) is 9.97 Å². The first-order valence-electron chi connectivity index (χ1n) is 9.83. The lowest BCUT2D eigenvalue weighted by molar-refractivity contribution is 1.27. The number of hydrogen-bond acceptors (Lipinski definition) is 4. The molecule has 0 fully saturated rings. The lowest BCUT2D eigenvalue weighted by Crippen LogP contribution is -1.94. The van der Waals surface area contributed by atoms with Gasteiger partial charge in [0.05, 0.1) is 11.4 Å². The van der Waals surface area contributed by atoms with E-state index in [1.165, 1.54) is 10.8 Å². The van der Waals surface area contributed by atoms with Gasteiger partial charge in [0, 0.05) is 34.3 Å². The Hall–Kier alpha value is -4.18. The lowest BCUT2D eigenvalue weighted by atomic mass is 9.98. The third-order valence-electron chi connectivity index (χ3n) is 5.39. The molecule has 6 aromatic rings. The zero-order chi connectivity index (χ0) is 19.9. The first-order valence-corrected chi connectivity index (χ1v) is 9.83. The Balaban J connectivity index is 1.66. The van der Waals surface area contributed by atoms with Crippen molar-refractivity contribution in [3.63, 3.8) is 0 Å². The number of pyridine rings is 4. The number of rotatable bonds is 2. The Labute approximate surface area is 172 Å². The summed E-state index contributed by atoms with van der Waals surface area (Å²) in [6, 6.07) is 28.8. The van der Waals surface area contributed by atoms with Crippen LogP contribution in [0, 0.1) is 0 Å². The summed E-state index contributed by atoms with van der Waals surface area (Å²) in [5.41, 5.74) is 5.28. The molecule has 4 heterocycles. The summed E-state index contributed by atoms with van der Waals surface area (Å²) in [6.45, 7) is 0. The van der Waals surface area contributed by atoms with Gasteiger partial charge in [0.25, 0.3) is 0 Å². The molecule has 6 rings (SSSR count). The summed E-state index contributed by atoms with van der Waals surface area (Å²) in [7, 11) is 0. The van der Waals surface area contributed by atoms with E-state index in [2.05, 4.69) is 64.6 Å². The molecule has 30 heavy (non-hydrogen) atoms. The normalized spacial score (nSPS) is 11.3.